The SMILES string of the molecule is COc1cccc(CC2CCN(CC(C)(O)C(=O)O)CC2)c1. The summed E-state index contributed by atoms with van der Waals surface area (Å²) in [5.74, 6) is 0.316. The molecule has 1 fully saturated rings. The van der Waals surface area contributed by atoms with Crippen molar-refractivity contribution in [2.24, 2.45) is 5.92 Å². The Bertz CT molecular complexity index is 507. The fraction of sp³-hybridized carbons (Fsp3) is 0.588. The van der Waals surface area contributed by atoms with E-state index >= 15 is 0 Å². The Balaban J connectivity index is 1.83. The lowest BCUT2D eigenvalue weighted by molar-refractivity contribution is -0.158. The third kappa shape index (κ3) is 4.45. The molecule has 1 saturated heterocycles. The highest BCUT2D eigenvalue weighted by atomic mass is 16.5. The van der Waals surface area contributed by atoms with Gasteiger partial charge in [0.25, 0.3) is 0 Å². The lowest BCUT2D eigenvalue weighted by atomic mass is 9.89. The Hall–Kier alpha value is -1.59. The predicted octanol–water partition coefficient (Wildman–Crippen LogP) is 1.79. The third-order valence-corrected chi connectivity index (χ3v) is 4.36. The molecule has 0 aromatic heterocycles. The van der Waals surface area contributed by atoms with Crippen molar-refractivity contribution in [1.82, 2.24) is 4.90 Å². The molecular weight excluding hydrogens is 282 g/mol. The summed E-state index contributed by atoms with van der Waals surface area (Å²) in [6, 6.07) is 8.14. The maximum Gasteiger partial charge on any atom is 0.336 e. The van der Waals surface area contributed by atoms with Crippen LogP contribution in [-0.2, 0) is 11.2 Å². The van der Waals surface area contributed by atoms with Gasteiger partial charge in [0.1, 0.15) is 5.75 Å². The van der Waals surface area contributed by atoms with Crippen LogP contribution in [0.5, 0.6) is 5.75 Å². The van der Waals surface area contributed by atoms with Crippen LogP contribution < -0.4 is 4.74 Å². The van der Waals surface area contributed by atoms with E-state index in [9.17, 15) is 9.90 Å². The van der Waals surface area contributed by atoms with Crippen molar-refractivity contribution >= 4 is 5.97 Å². The highest BCUT2D eigenvalue weighted by Crippen LogP contribution is 2.24. The van der Waals surface area contributed by atoms with Gasteiger partial charge in [-0.1, -0.05) is 12.1 Å². The molecule has 2 rings (SSSR count). The maximum absolute atomic E-state index is 11.0. The average molecular weight is 307 g/mol. The fourth-order valence-electron chi connectivity index (χ4n) is 2.98. The van der Waals surface area contributed by atoms with E-state index in [2.05, 4.69) is 12.1 Å². The molecule has 1 unspecified atom stereocenters. The molecule has 5 heteroatoms. The minimum Gasteiger partial charge on any atom is -0.497 e. The molecule has 2 N–H and O–H groups in total. The molecule has 1 aliphatic heterocycles. The summed E-state index contributed by atoms with van der Waals surface area (Å²) in [6.45, 7) is 3.21. The molecule has 5 nitrogen and oxygen atoms in total. The van der Waals surface area contributed by atoms with E-state index in [4.69, 9.17) is 9.84 Å². The number of ether oxygens (including phenoxy) is 1. The number of carboxylic acid groups (broad SMARTS) is 1. The second-order valence-corrected chi connectivity index (χ2v) is 6.35. The van der Waals surface area contributed by atoms with Crippen molar-refractivity contribution < 1.29 is 19.7 Å². The van der Waals surface area contributed by atoms with E-state index < -0.39 is 11.6 Å². The summed E-state index contributed by atoms with van der Waals surface area (Å²) in [7, 11) is 1.67. The second-order valence-electron chi connectivity index (χ2n) is 6.35. The minimum absolute atomic E-state index is 0.189. The van der Waals surface area contributed by atoms with Crippen LogP contribution in [0.3, 0.4) is 0 Å². The molecule has 0 saturated carbocycles. The number of aliphatic carboxylic acids is 1. The molecule has 0 bridgehead atoms. The first-order valence-corrected chi connectivity index (χ1v) is 7.72. The van der Waals surface area contributed by atoms with Crippen LogP contribution in [0.15, 0.2) is 24.3 Å². The molecule has 1 aromatic carbocycles. The van der Waals surface area contributed by atoms with Crippen molar-refractivity contribution in [3.8, 4) is 5.75 Å². The van der Waals surface area contributed by atoms with E-state index in [0.29, 0.717) is 5.92 Å². The Morgan fingerprint density at radius 1 is 1.41 bits per heavy atom. The first-order valence-electron chi connectivity index (χ1n) is 7.72. The van der Waals surface area contributed by atoms with Gasteiger partial charge in [-0.15, -0.1) is 0 Å². The number of likely N-dealkylation sites (tertiary alicyclic amines) is 1. The monoisotopic (exact) mass is 307 g/mol. The van der Waals surface area contributed by atoms with E-state index in [1.807, 2.05) is 17.0 Å². The van der Waals surface area contributed by atoms with Gasteiger partial charge in [0, 0.05) is 6.54 Å². The van der Waals surface area contributed by atoms with Crippen LogP contribution in [0.25, 0.3) is 0 Å². The van der Waals surface area contributed by atoms with Gasteiger partial charge in [-0.25, -0.2) is 4.79 Å². The van der Waals surface area contributed by atoms with Gasteiger partial charge in [0.05, 0.1) is 7.11 Å². The van der Waals surface area contributed by atoms with Crippen LogP contribution in [-0.4, -0.2) is 53.4 Å². The number of benzene rings is 1. The van der Waals surface area contributed by atoms with Crippen molar-refractivity contribution in [3.05, 3.63) is 29.8 Å². The topological polar surface area (TPSA) is 70.0 Å². The Morgan fingerprint density at radius 3 is 2.68 bits per heavy atom. The zero-order valence-electron chi connectivity index (χ0n) is 13.3. The summed E-state index contributed by atoms with van der Waals surface area (Å²) >= 11 is 0. The van der Waals surface area contributed by atoms with Crippen LogP contribution in [0, 0.1) is 5.92 Å². The fourth-order valence-corrected chi connectivity index (χ4v) is 2.98. The van der Waals surface area contributed by atoms with E-state index in [1.165, 1.54) is 12.5 Å². The normalized spacial score (nSPS) is 19.6. The average Bonchev–Trinajstić information content (AvgIpc) is 2.49. The molecule has 1 atom stereocenters. The zero-order chi connectivity index (χ0) is 16.2. The Morgan fingerprint density at radius 2 is 2.09 bits per heavy atom. The van der Waals surface area contributed by atoms with Gasteiger partial charge < -0.3 is 14.9 Å². The lowest BCUT2D eigenvalue weighted by Gasteiger charge is -2.35. The zero-order valence-corrected chi connectivity index (χ0v) is 13.3. The summed E-state index contributed by atoms with van der Waals surface area (Å²) in [5.41, 5.74) is -0.394. The predicted molar refractivity (Wildman–Crippen MR) is 84.1 cm³/mol. The van der Waals surface area contributed by atoms with E-state index in [-0.39, 0.29) is 6.54 Å². The highest BCUT2D eigenvalue weighted by molar-refractivity contribution is 5.76. The quantitative estimate of drug-likeness (QED) is 0.838. The van der Waals surface area contributed by atoms with Crippen molar-refractivity contribution in [1.29, 1.82) is 0 Å². The highest BCUT2D eigenvalue weighted by Gasteiger charge is 2.33. The number of piperidine rings is 1. The van der Waals surface area contributed by atoms with Gasteiger partial charge in [0.15, 0.2) is 5.60 Å². The van der Waals surface area contributed by atoms with Gasteiger partial charge >= 0.3 is 5.97 Å². The van der Waals surface area contributed by atoms with Crippen LogP contribution in [0.4, 0.5) is 0 Å². The molecular formula is C17H25NO4. The van der Waals surface area contributed by atoms with Gasteiger partial charge in [-0.2, -0.15) is 0 Å². The molecule has 122 valence electrons. The second kappa shape index (κ2) is 7.11. The number of nitrogens with zero attached hydrogens (tertiary/aromatic N) is 1. The van der Waals surface area contributed by atoms with Gasteiger partial charge in [-0.05, 0) is 62.9 Å². The van der Waals surface area contributed by atoms with Crippen molar-refractivity contribution in [2.45, 2.75) is 31.8 Å². The van der Waals surface area contributed by atoms with Crippen LogP contribution >= 0.6 is 0 Å². The van der Waals surface area contributed by atoms with E-state index in [0.717, 1.165) is 38.1 Å². The number of hydrogen-bond donors (Lipinski definition) is 2. The first-order chi connectivity index (χ1) is 10.4. The van der Waals surface area contributed by atoms with Crippen molar-refractivity contribution in [3.63, 3.8) is 0 Å². The molecule has 22 heavy (non-hydrogen) atoms. The number of hydrogen-bond acceptors (Lipinski definition) is 4. The van der Waals surface area contributed by atoms with Gasteiger partial charge in [0.2, 0.25) is 0 Å². The summed E-state index contributed by atoms with van der Waals surface area (Å²) < 4.78 is 5.25. The number of aliphatic hydroxyl groups is 1. The lowest BCUT2D eigenvalue weighted by Crippen LogP contribution is -2.49. The molecule has 0 radical (unpaired) electrons. The molecule has 0 aliphatic carbocycles. The summed E-state index contributed by atoms with van der Waals surface area (Å²) in [5, 5.41) is 18.8. The smallest absolute Gasteiger partial charge is 0.336 e. The number of methoxy groups -OCH3 is 1. The third-order valence-electron chi connectivity index (χ3n) is 4.36. The van der Waals surface area contributed by atoms with Crippen molar-refractivity contribution in [2.75, 3.05) is 26.7 Å². The largest absolute Gasteiger partial charge is 0.497 e. The molecule has 0 spiro atoms. The molecule has 1 heterocycles. The number of carbonyl (C=O) groups is 1. The van der Waals surface area contributed by atoms with Crippen LogP contribution in [0.2, 0.25) is 0 Å². The first kappa shape index (κ1) is 16.8. The Labute approximate surface area is 131 Å². The maximum atomic E-state index is 11.0. The number of carboxylic acids is 1. The van der Waals surface area contributed by atoms with Crippen LogP contribution in [0.1, 0.15) is 25.3 Å². The van der Waals surface area contributed by atoms with E-state index in [1.54, 1.807) is 7.11 Å². The number of rotatable bonds is 6. The number of β-amino-alcohol motifs (C(OH)–C–C–N with tert-alkyl or cyclic N) is 1. The Kier molecular flexibility index (Phi) is 5.42. The molecule has 0 amide bonds. The standard InChI is InChI=1S/C17H25NO4/c1-17(21,16(19)20)12-18-8-6-13(7-9-18)10-14-4-3-5-15(11-14)22-2/h3-5,11,13,21H,6-10,12H2,1-2H3,(H,19,20). The summed E-state index contributed by atoms with van der Waals surface area (Å²) in [4.78, 5) is 13.0. The summed E-state index contributed by atoms with van der Waals surface area (Å²) in [6.07, 6.45) is 3.06. The van der Waals surface area contributed by atoms with Gasteiger partial charge in [-0.3, -0.25) is 4.90 Å². The molecule has 1 aliphatic rings. The minimum atomic E-state index is -1.67. The molecule has 1 aromatic rings.